The zero-order valence-electron chi connectivity index (χ0n) is 13.2. The Hall–Kier alpha value is -3.28. The van der Waals surface area contributed by atoms with Crippen LogP contribution in [0.1, 0.15) is 21.5 Å². The SMILES string of the molecule is Cc1ccc(NC(=O)c2cnc(NCc3cccnc3)nc2)cc1. The average molecular weight is 319 g/mol. The Morgan fingerprint density at radius 3 is 2.46 bits per heavy atom. The topological polar surface area (TPSA) is 79.8 Å². The summed E-state index contributed by atoms with van der Waals surface area (Å²) >= 11 is 0. The largest absolute Gasteiger partial charge is 0.350 e. The monoisotopic (exact) mass is 319 g/mol. The van der Waals surface area contributed by atoms with Crippen molar-refractivity contribution >= 4 is 17.5 Å². The molecule has 2 heterocycles. The fourth-order valence-electron chi connectivity index (χ4n) is 2.06. The first-order chi connectivity index (χ1) is 11.7. The van der Waals surface area contributed by atoms with Crippen molar-refractivity contribution in [3.8, 4) is 0 Å². The third-order valence-electron chi connectivity index (χ3n) is 3.40. The van der Waals surface area contributed by atoms with E-state index in [-0.39, 0.29) is 5.91 Å². The highest BCUT2D eigenvalue weighted by atomic mass is 16.1. The van der Waals surface area contributed by atoms with Crippen molar-refractivity contribution in [1.29, 1.82) is 0 Å². The normalized spacial score (nSPS) is 10.2. The molecular formula is C18H17N5O. The number of nitrogens with one attached hydrogen (secondary N) is 2. The molecule has 0 fully saturated rings. The third-order valence-corrected chi connectivity index (χ3v) is 3.40. The van der Waals surface area contributed by atoms with Crippen molar-refractivity contribution in [3.63, 3.8) is 0 Å². The number of benzene rings is 1. The van der Waals surface area contributed by atoms with Crippen LogP contribution in [0.3, 0.4) is 0 Å². The molecule has 24 heavy (non-hydrogen) atoms. The van der Waals surface area contributed by atoms with Gasteiger partial charge in [0.2, 0.25) is 5.95 Å². The number of nitrogens with zero attached hydrogens (tertiary/aromatic N) is 3. The van der Waals surface area contributed by atoms with Crippen LogP contribution in [0.2, 0.25) is 0 Å². The van der Waals surface area contributed by atoms with Crippen molar-refractivity contribution in [2.45, 2.75) is 13.5 Å². The fourth-order valence-corrected chi connectivity index (χ4v) is 2.06. The highest BCUT2D eigenvalue weighted by Gasteiger charge is 2.07. The van der Waals surface area contributed by atoms with Crippen LogP contribution in [0.4, 0.5) is 11.6 Å². The fraction of sp³-hybridized carbons (Fsp3) is 0.111. The van der Waals surface area contributed by atoms with Gasteiger partial charge < -0.3 is 10.6 Å². The van der Waals surface area contributed by atoms with Gasteiger partial charge in [0.05, 0.1) is 5.56 Å². The highest BCUT2D eigenvalue weighted by molar-refractivity contribution is 6.03. The zero-order valence-corrected chi connectivity index (χ0v) is 13.2. The van der Waals surface area contributed by atoms with Crippen LogP contribution in [0.15, 0.2) is 61.2 Å². The summed E-state index contributed by atoms with van der Waals surface area (Å²) in [6, 6.07) is 11.4. The second-order valence-corrected chi connectivity index (χ2v) is 5.33. The Morgan fingerprint density at radius 2 is 1.79 bits per heavy atom. The van der Waals surface area contributed by atoms with E-state index in [4.69, 9.17) is 0 Å². The summed E-state index contributed by atoms with van der Waals surface area (Å²) in [5.41, 5.74) is 3.31. The van der Waals surface area contributed by atoms with Crippen LogP contribution in [0, 0.1) is 6.92 Å². The smallest absolute Gasteiger partial charge is 0.258 e. The molecule has 0 bridgehead atoms. The Bertz CT molecular complexity index is 801. The highest BCUT2D eigenvalue weighted by Crippen LogP contribution is 2.11. The van der Waals surface area contributed by atoms with Gasteiger partial charge in [-0.2, -0.15) is 0 Å². The van der Waals surface area contributed by atoms with Gasteiger partial charge >= 0.3 is 0 Å². The standard InChI is InChI=1S/C18H17N5O/c1-13-4-6-16(7-5-13)23-17(24)15-11-21-18(22-12-15)20-10-14-3-2-8-19-9-14/h2-9,11-12H,10H2,1H3,(H,23,24)(H,20,21,22). The van der Waals surface area contributed by atoms with Gasteiger partial charge in [-0.1, -0.05) is 23.8 Å². The molecule has 0 aliphatic heterocycles. The zero-order chi connectivity index (χ0) is 16.8. The van der Waals surface area contributed by atoms with Gasteiger partial charge in [0.15, 0.2) is 0 Å². The van der Waals surface area contributed by atoms with Crippen LogP contribution < -0.4 is 10.6 Å². The summed E-state index contributed by atoms with van der Waals surface area (Å²) in [7, 11) is 0. The molecule has 6 heteroatoms. The number of aromatic nitrogens is 3. The molecule has 1 aromatic carbocycles. The Balaban J connectivity index is 1.59. The van der Waals surface area contributed by atoms with Gasteiger partial charge in [0, 0.05) is 37.0 Å². The second-order valence-electron chi connectivity index (χ2n) is 5.33. The molecule has 0 saturated carbocycles. The molecule has 2 aromatic heterocycles. The first kappa shape index (κ1) is 15.6. The van der Waals surface area contributed by atoms with Crippen molar-refractivity contribution < 1.29 is 4.79 Å². The molecule has 2 N–H and O–H groups in total. The van der Waals surface area contributed by atoms with E-state index < -0.39 is 0 Å². The Labute approximate surface area is 140 Å². The molecule has 0 aliphatic rings. The minimum absolute atomic E-state index is 0.238. The van der Waals surface area contributed by atoms with Gasteiger partial charge in [-0.25, -0.2) is 9.97 Å². The number of carbonyl (C=O) groups excluding carboxylic acids is 1. The molecule has 3 rings (SSSR count). The number of amides is 1. The van der Waals surface area contributed by atoms with Gasteiger partial charge in [0.1, 0.15) is 0 Å². The third kappa shape index (κ3) is 4.13. The number of anilines is 2. The maximum atomic E-state index is 12.2. The summed E-state index contributed by atoms with van der Waals surface area (Å²) in [5, 5.41) is 5.90. The molecule has 0 aliphatic carbocycles. The number of pyridine rings is 1. The van der Waals surface area contributed by atoms with Crippen LogP contribution in [0.25, 0.3) is 0 Å². The molecule has 0 atom stereocenters. The quantitative estimate of drug-likeness (QED) is 0.755. The summed E-state index contributed by atoms with van der Waals surface area (Å²) in [6.45, 7) is 2.57. The summed E-state index contributed by atoms with van der Waals surface area (Å²) in [6.07, 6.45) is 6.50. The summed E-state index contributed by atoms with van der Waals surface area (Å²) in [5.74, 6) is 0.225. The molecule has 0 spiro atoms. The second kappa shape index (κ2) is 7.32. The maximum Gasteiger partial charge on any atom is 0.258 e. The lowest BCUT2D eigenvalue weighted by atomic mass is 10.2. The summed E-state index contributed by atoms with van der Waals surface area (Å²) in [4.78, 5) is 24.5. The number of hydrogen-bond acceptors (Lipinski definition) is 5. The van der Waals surface area contributed by atoms with E-state index in [9.17, 15) is 4.79 Å². The molecule has 120 valence electrons. The van der Waals surface area contributed by atoms with Crippen molar-refractivity contribution in [2.24, 2.45) is 0 Å². The lowest BCUT2D eigenvalue weighted by molar-refractivity contribution is 0.102. The molecule has 0 unspecified atom stereocenters. The van der Waals surface area contributed by atoms with Crippen LogP contribution in [-0.2, 0) is 6.54 Å². The van der Waals surface area contributed by atoms with E-state index in [2.05, 4.69) is 25.6 Å². The first-order valence-corrected chi connectivity index (χ1v) is 7.53. The summed E-state index contributed by atoms with van der Waals surface area (Å²) < 4.78 is 0. The predicted molar refractivity (Wildman–Crippen MR) is 92.7 cm³/mol. The Morgan fingerprint density at radius 1 is 1.04 bits per heavy atom. The van der Waals surface area contributed by atoms with Gasteiger partial charge in [-0.3, -0.25) is 9.78 Å². The van der Waals surface area contributed by atoms with E-state index >= 15 is 0 Å². The lowest BCUT2D eigenvalue weighted by Gasteiger charge is -2.07. The van der Waals surface area contributed by atoms with Crippen LogP contribution in [-0.4, -0.2) is 20.9 Å². The molecule has 6 nitrogen and oxygen atoms in total. The minimum atomic E-state index is -0.238. The Kier molecular flexibility index (Phi) is 4.76. The maximum absolute atomic E-state index is 12.2. The van der Waals surface area contributed by atoms with Crippen molar-refractivity contribution in [2.75, 3.05) is 10.6 Å². The van der Waals surface area contributed by atoms with Crippen molar-refractivity contribution in [3.05, 3.63) is 77.9 Å². The predicted octanol–water partition coefficient (Wildman–Crippen LogP) is 3.04. The molecule has 0 saturated heterocycles. The minimum Gasteiger partial charge on any atom is -0.350 e. The number of rotatable bonds is 5. The van der Waals surface area contributed by atoms with Gasteiger partial charge in [-0.15, -0.1) is 0 Å². The van der Waals surface area contributed by atoms with Crippen molar-refractivity contribution in [1.82, 2.24) is 15.0 Å². The van der Waals surface area contributed by atoms with E-state index in [0.29, 0.717) is 18.1 Å². The van der Waals surface area contributed by atoms with E-state index in [0.717, 1.165) is 16.8 Å². The first-order valence-electron chi connectivity index (χ1n) is 7.53. The van der Waals surface area contributed by atoms with E-state index in [1.807, 2.05) is 43.3 Å². The van der Waals surface area contributed by atoms with Crippen LogP contribution >= 0.6 is 0 Å². The number of hydrogen-bond donors (Lipinski definition) is 2. The number of carbonyl (C=O) groups is 1. The average Bonchev–Trinajstić information content (AvgIpc) is 2.63. The molecule has 3 aromatic rings. The molecule has 1 amide bonds. The molecule has 0 radical (unpaired) electrons. The molecular weight excluding hydrogens is 302 g/mol. The lowest BCUT2D eigenvalue weighted by Crippen LogP contribution is -2.13. The van der Waals surface area contributed by atoms with Gasteiger partial charge in [-0.05, 0) is 30.7 Å². The van der Waals surface area contributed by atoms with Gasteiger partial charge in [0.25, 0.3) is 5.91 Å². The number of aryl methyl sites for hydroxylation is 1. The van der Waals surface area contributed by atoms with Crippen LogP contribution in [0.5, 0.6) is 0 Å². The van der Waals surface area contributed by atoms with E-state index in [1.165, 1.54) is 12.4 Å². The van der Waals surface area contributed by atoms with E-state index in [1.54, 1.807) is 12.4 Å².